The molecule has 4 atom stereocenters. The molecule has 4 saturated carbocycles. The first-order valence-electron chi connectivity index (χ1n) is 8.56. The fourth-order valence-electron chi connectivity index (χ4n) is 6.07. The third kappa shape index (κ3) is 1.95. The highest BCUT2D eigenvalue weighted by molar-refractivity contribution is 6.30. The van der Waals surface area contributed by atoms with Crippen LogP contribution in [0.3, 0.4) is 0 Å². The van der Waals surface area contributed by atoms with Crippen LogP contribution in [-0.2, 0) is 0 Å². The lowest BCUT2D eigenvalue weighted by Crippen LogP contribution is -2.44. The molecule has 5 aliphatic rings. The smallest absolute Gasteiger partial charge is 0.0527 e. The highest BCUT2D eigenvalue weighted by Crippen LogP contribution is 2.55. The van der Waals surface area contributed by atoms with E-state index in [2.05, 4.69) is 22.6 Å². The lowest BCUT2D eigenvalue weighted by molar-refractivity contribution is 0.122. The summed E-state index contributed by atoms with van der Waals surface area (Å²) in [6.07, 6.45) is 7.48. The van der Waals surface area contributed by atoms with Gasteiger partial charge in [-0.3, -0.25) is 0 Å². The van der Waals surface area contributed by atoms with Gasteiger partial charge in [-0.25, -0.2) is 5.43 Å². The summed E-state index contributed by atoms with van der Waals surface area (Å²) < 4.78 is 0. The number of hydrazine groups is 1. The van der Waals surface area contributed by atoms with Gasteiger partial charge in [-0.15, -0.1) is 0 Å². The highest BCUT2D eigenvalue weighted by Gasteiger charge is 2.52. The van der Waals surface area contributed by atoms with E-state index in [1.807, 2.05) is 12.1 Å². The predicted octanol–water partition coefficient (Wildman–Crippen LogP) is 4.11. The maximum Gasteiger partial charge on any atom is 0.0527 e. The largest absolute Gasteiger partial charge is 0.305 e. The molecule has 0 aromatic heterocycles. The number of benzene rings is 1. The molecular weight excluding hydrogens is 280 g/mol. The van der Waals surface area contributed by atoms with Crippen molar-refractivity contribution in [1.29, 1.82) is 0 Å². The molecule has 1 aromatic rings. The molecule has 2 nitrogen and oxygen atoms in total. The molecule has 1 aliphatic heterocycles. The van der Waals surface area contributed by atoms with Crippen molar-refractivity contribution >= 4 is 17.3 Å². The van der Waals surface area contributed by atoms with Gasteiger partial charge in [0.05, 0.1) is 11.7 Å². The number of halogens is 1. The number of anilines is 1. The van der Waals surface area contributed by atoms with E-state index in [0.717, 1.165) is 34.6 Å². The first kappa shape index (κ1) is 12.8. The molecule has 1 aromatic carbocycles. The molecule has 4 aliphatic carbocycles. The number of nitrogens with one attached hydrogen (secondary N) is 1. The summed E-state index contributed by atoms with van der Waals surface area (Å²) in [4.78, 5) is 0. The Morgan fingerprint density at radius 3 is 2.29 bits per heavy atom. The van der Waals surface area contributed by atoms with Crippen LogP contribution in [0.1, 0.15) is 32.1 Å². The van der Waals surface area contributed by atoms with Gasteiger partial charge >= 0.3 is 0 Å². The Bertz CT molecular complexity index is 529. The van der Waals surface area contributed by atoms with E-state index < -0.39 is 0 Å². The van der Waals surface area contributed by atoms with Gasteiger partial charge in [-0.2, -0.15) is 0 Å². The van der Waals surface area contributed by atoms with Crippen molar-refractivity contribution < 1.29 is 0 Å². The van der Waals surface area contributed by atoms with Crippen LogP contribution in [0.25, 0.3) is 0 Å². The van der Waals surface area contributed by atoms with Crippen molar-refractivity contribution in [2.75, 3.05) is 11.6 Å². The summed E-state index contributed by atoms with van der Waals surface area (Å²) >= 11 is 6.06. The summed E-state index contributed by atoms with van der Waals surface area (Å²) in [5.74, 6) is 4.80. The van der Waals surface area contributed by atoms with Crippen molar-refractivity contribution in [3.05, 3.63) is 29.3 Å². The Kier molecular flexibility index (Phi) is 2.82. The monoisotopic (exact) mass is 302 g/mol. The van der Waals surface area contributed by atoms with E-state index in [-0.39, 0.29) is 0 Å². The Morgan fingerprint density at radius 1 is 0.905 bits per heavy atom. The second-order valence-electron chi connectivity index (χ2n) is 7.79. The Hall–Kier alpha value is -0.730. The third-order valence-corrected chi connectivity index (χ3v) is 6.89. The zero-order valence-corrected chi connectivity index (χ0v) is 13.1. The average Bonchev–Trinajstić information content (AvgIpc) is 2.84. The first-order valence-corrected chi connectivity index (χ1v) is 8.94. The molecule has 0 radical (unpaired) electrons. The van der Waals surface area contributed by atoms with E-state index in [1.54, 1.807) is 0 Å². The van der Waals surface area contributed by atoms with Crippen molar-refractivity contribution in [2.24, 2.45) is 29.6 Å². The summed E-state index contributed by atoms with van der Waals surface area (Å²) in [5, 5.41) is 3.32. The molecule has 21 heavy (non-hydrogen) atoms. The minimum absolute atomic E-state index is 0.714. The molecular formula is C18H23ClN2. The van der Waals surface area contributed by atoms with E-state index in [0.29, 0.717) is 6.04 Å². The summed E-state index contributed by atoms with van der Waals surface area (Å²) in [5.41, 5.74) is 5.01. The maximum atomic E-state index is 6.06. The number of rotatable bonds is 1. The van der Waals surface area contributed by atoms with Crippen LogP contribution in [0.5, 0.6) is 0 Å². The number of hydrogen-bond donors (Lipinski definition) is 1. The lowest BCUT2D eigenvalue weighted by atomic mass is 9.67. The number of hydrogen-bond acceptors (Lipinski definition) is 2. The molecule has 1 heterocycles. The van der Waals surface area contributed by atoms with Gasteiger partial charge in [0.15, 0.2) is 0 Å². The van der Waals surface area contributed by atoms with E-state index >= 15 is 0 Å². The molecule has 112 valence electrons. The van der Waals surface area contributed by atoms with Crippen LogP contribution in [0.15, 0.2) is 24.3 Å². The van der Waals surface area contributed by atoms with Crippen LogP contribution in [0, 0.1) is 29.6 Å². The topological polar surface area (TPSA) is 15.3 Å². The average molecular weight is 303 g/mol. The van der Waals surface area contributed by atoms with Crippen molar-refractivity contribution in [1.82, 2.24) is 5.43 Å². The standard InChI is InChI=1S/C18H23ClN2/c19-15-1-3-16(4-2-15)21-18-14-8-11-5-12(9-14)7-13(6-11)17(18)10-20-21/h1-4,11-14,17-18,20H,5-10H2. The van der Waals surface area contributed by atoms with Crippen LogP contribution >= 0.6 is 11.6 Å². The predicted molar refractivity (Wildman–Crippen MR) is 86.3 cm³/mol. The Balaban J connectivity index is 1.51. The van der Waals surface area contributed by atoms with Gasteiger partial charge in [-0.05, 0) is 86.0 Å². The van der Waals surface area contributed by atoms with Crippen molar-refractivity contribution in [2.45, 2.75) is 38.1 Å². The molecule has 4 bridgehead atoms. The van der Waals surface area contributed by atoms with Crippen molar-refractivity contribution in [3.63, 3.8) is 0 Å². The number of nitrogens with zero attached hydrogens (tertiary/aromatic N) is 1. The fraction of sp³-hybridized carbons (Fsp3) is 0.667. The van der Waals surface area contributed by atoms with Crippen LogP contribution in [0.4, 0.5) is 5.69 Å². The Labute approximate surface area is 131 Å². The molecule has 1 N–H and O–H groups in total. The van der Waals surface area contributed by atoms with Gasteiger partial charge in [0.2, 0.25) is 0 Å². The quantitative estimate of drug-likeness (QED) is 0.840. The third-order valence-electron chi connectivity index (χ3n) is 6.64. The normalized spacial score (nSPS) is 44.0. The highest BCUT2D eigenvalue weighted by atomic mass is 35.5. The van der Waals surface area contributed by atoms with Gasteiger partial charge < -0.3 is 5.01 Å². The van der Waals surface area contributed by atoms with Gasteiger partial charge in [-0.1, -0.05) is 11.6 Å². The summed E-state index contributed by atoms with van der Waals surface area (Å²) in [6.45, 7) is 1.17. The molecule has 0 spiro atoms. The Morgan fingerprint density at radius 2 is 1.57 bits per heavy atom. The van der Waals surface area contributed by atoms with E-state index in [1.165, 1.54) is 44.3 Å². The first-order chi connectivity index (χ1) is 10.3. The van der Waals surface area contributed by atoms with Gasteiger partial charge in [0.25, 0.3) is 0 Å². The van der Waals surface area contributed by atoms with Gasteiger partial charge in [0.1, 0.15) is 0 Å². The summed E-state index contributed by atoms with van der Waals surface area (Å²) in [6, 6.07) is 9.10. The molecule has 4 unspecified atom stereocenters. The second kappa shape index (κ2) is 4.63. The molecule has 0 amide bonds. The van der Waals surface area contributed by atoms with Crippen LogP contribution < -0.4 is 10.4 Å². The SMILES string of the molecule is Clc1ccc(N2NCC3C4CC5CC(C4)CC(C5)C32)cc1. The molecule has 1 saturated heterocycles. The van der Waals surface area contributed by atoms with E-state index in [4.69, 9.17) is 11.6 Å². The van der Waals surface area contributed by atoms with E-state index in [9.17, 15) is 0 Å². The zero-order valence-electron chi connectivity index (χ0n) is 12.3. The fourth-order valence-corrected chi connectivity index (χ4v) is 6.20. The maximum absolute atomic E-state index is 6.06. The zero-order chi connectivity index (χ0) is 14.0. The second-order valence-corrected chi connectivity index (χ2v) is 8.23. The minimum atomic E-state index is 0.714. The summed E-state index contributed by atoms with van der Waals surface area (Å²) in [7, 11) is 0. The molecule has 6 rings (SSSR count). The van der Waals surface area contributed by atoms with Crippen LogP contribution in [-0.4, -0.2) is 12.6 Å². The lowest BCUT2D eigenvalue weighted by Gasteiger charge is -2.40. The minimum Gasteiger partial charge on any atom is -0.305 e. The van der Waals surface area contributed by atoms with Crippen LogP contribution in [0.2, 0.25) is 5.02 Å². The molecule has 5 fully saturated rings. The molecule has 3 heteroatoms. The van der Waals surface area contributed by atoms with Crippen molar-refractivity contribution in [3.8, 4) is 0 Å². The van der Waals surface area contributed by atoms with Gasteiger partial charge in [0, 0.05) is 11.6 Å².